The normalized spacial score (nSPS) is 10.2. The van der Waals surface area contributed by atoms with E-state index < -0.39 is 0 Å². The van der Waals surface area contributed by atoms with Gasteiger partial charge in [-0.3, -0.25) is 4.98 Å². The van der Waals surface area contributed by atoms with Crippen molar-refractivity contribution in [3.05, 3.63) is 47.8 Å². The first kappa shape index (κ1) is 14.5. The van der Waals surface area contributed by atoms with E-state index >= 15 is 0 Å². The van der Waals surface area contributed by atoms with E-state index in [1.807, 2.05) is 24.3 Å². The number of nitrogens with one attached hydrogen (secondary N) is 1. The predicted molar refractivity (Wildman–Crippen MR) is 80.7 cm³/mol. The Morgan fingerprint density at radius 3 is 2.65 bits per heavy atom. The molecule has 0 fully saturated rings. The van der Waals surface area contributed by atoms with Gasteiger partial charge in [-0.1, -0.05) is 18.2 Å². The van der Waals surface area contributed by atoms with Gasteiger partial charge in [0.05, 0.1) is 20.8 Å². The molecule has 1 heterocycles. The largest absolute Gasteiger partial charge is 0.493 e. The van der Waals surface area contributed by atoms with E-state index in [-0.39, 0.29) is 0 Å². The number of halogens is 1. The summed E-state index contributed by atoms with van der Waals surface area (Å²) in [6.07, 6.45) is 1.70. The van der Waals surface area contributed by atoms with Crippen LogP contribution in [0.5, 0.6) is 11.5 Å². The minimum Gasteiger partial charge on any atom is -0.493 e. The molecule has 0 saturated carbocycles. The van der Waals surface area contributed by atoms with Crippen molar-refractivity contribution in [1.82, 2.24) is 4.98 Å². The number of aromatic nitrogens is 1. The average molecular weight is 293 g/mol. The second kappa shape index (κ2) is 7.01. The highest BCUT2D eigenvalue weighted by Crippen LogP contribution is 2.29. The Morgan fingerprint density at radius 2 is 1.95 bits per heavy atom. The summed E-state index contributed by atoms with van der Waals surface area (Å²) in [6, 6.07) is 9.69. The van der Waals surface area contributed by atoms with Gasteiger partial charge in [-0.05, 0) is 11.6 Å². The Kier molecular flexibility index (Phi) is 5.07. The molecule has 0 unspecified atom stereocenters. The fourth-order valence-electron chi connectivity index (χ4n) is 1.96. The second-order valence-corrected chi connectivity index (χ2v) is 4.40. The Bertz CT molecular complexity index is 576. The minimum absolute atomic E-state index is 0.464. The molecule has 0 aliphatic heterocycles. The molecule has 0 spiro atoms. The van der Waals surface area contributed by atoms with E-state index in [2.05, 4.69) is 10.3 Å². The zero-order valence-corrected chi connectivity index (χ0v) is 12.3. The van der Waals surface area contributed by atoms with Crippen LogP contribution in [-0.4, -0.2) is 19.2 Å². The lowest BCUT2D eigenvalue weighted by Crippen LogP contribution is -2.06. The number of hydrogen-bond donors (Lipinski definition) is 1. The average Bonchev–Trinajstić information content (AvgIpc) is 2.52. The predicted octanol–water partition coefficient (Wildman–Crippen LogP) is 3.45. The van der Waals surface area contributed by atoms with Gasteiger partial charge in [0, 0.05) is 23.8 Å². The van der Waals surface area contributed by atoms with Crippen LogP contribution in [0.2, 0.25) is 0 Å². The third-order valence-corrected chi connectivity index (χ3v) is 3.26. The van der Waals surface area contributed by atoms with E-state index in [0.717, 1.165) is 16.9 Å². The van der Waals surface area contributed by atoms with Gasteiger partial charge >= 0.3 is 0 Å². The van der Waals surface area contributed by atoms with Crippen LogP contribution in [0.1, 0.15) is 11.3 Å². The molecule has 0 saturated heterocycles. The number of methoxy groups -OCH3 is 2. The Labute approximate surface area is 123 Å². The molecule has 0 atom stereocenters. The third-order valence-electron chi connectivity index (χ3n) is 2.97. The molecule has 2 aromatic rings. The molecule has 0 amide bonds. The first-order chi connectivity index (χ1) is 9.80. The molecular weight excluding hydrogens is 276 g/mol. The highest BCUT2D eigenvalue weighted by atomic mass is 35.5. The smallest absolute Gasteiger partial charge is 0.184 e. The van der Waals surface area contributed by atoms with E-state index in [0.29, 0.717) is 23.9 Å². The lowest BCUT2D eigenvalue weighted by atomic mass is 10.2. The molecule has 1 aromatic carbocycles. The van der Waals surface area contributed by atoms with Crippen LogP contribution in [0.15, 0.2) is 36.5 Å². The molecule has 0 radical (unpaired) electrons. The molecule has 0 aliphatic carbocycles. The van der Waals surface area contributed by atoms with Crippen LogP contribution < -0.4 is 14.8 Å². The quantitative estimate of drug-likeness (QED) is 0.828. The Balaban J connectivity index is 2.19. The number of anilines is 1. The number of para-hydroxylation sites is 1. The van der Waals surface area contributed by atoms with Crippen LogP contribution >= 0.6 is 11.6 Å². The molecule has 5 heteroatoms. The molecule has 4 nitrogen and oxygen atoms in total. The number of nitrogens with zero attached hydrogens (tertiary/aromatic N) is 1. The van der Waals surface area contributed by atoms with Crippen LogP contribution in [0.4, 0.5) is 5.69 Å². The molecular formula is C15H17ClN2O2. The van der Waals surface area contributed by atoms with E-state index in [1.165, 1.54) is 0 Å². The number of pyridine rings is 1. The molecule has 1 N–H and O–H groups in total. The summed E-state index contributed by atoms with van der Waals surface area (Å²) < 4.78 is 10.6. The first-order valence-corrected chi connectivity index (χ1v) is 6.77. The zero-order chi connectivity index (χ0) is 14.4. The van der Waals surface area contributed by atoms with E-state index in [1.54, 1.807) is 26.5 Å². The third kappa shape index (κ3) is 3.14. The number of hydrogen-bond acceptors (Lipinski definition) is 4. The summed E-state index contributed by atoms with van der Waals surface area (Å²) in [7, 11) is 3.22. The van der Waals surface area contributed by atoms with Gasteiger partial charge in [-0.2, -0.15) is 0 Å². The van der Waals surface area contributed by atoms with Crippen LogP contribution in [-0.2, 0) is 12.4 Å². The van der Waals surface area contributed by atoms with Gasteiger partial charge in [0.15, 0.2) is 11.5 Å². The summed E-state index contributed by atoms with van der Waals surface area (Å²) in [5, 5.41) is 3.32. The van der Waals surface area contributed by atoms with E-state index in [4.69, 9.17) is 21.1 Å². The van der Waals surface area contributed by atoms with Gasteiger partial charge in [0.25, 0.3) is 0 Å². The topological polar surface area (TPSA) is 43.4 Å². The van der Waals surface area contributed by atoms with Gasteiger partial charge in [0.1, 0.15) is 5.69 Å². The lowest BCUT2D eigenvalue weighted by Gasteiger charge is -2.14. The molecule has 0 aliphatic rings. The van der Waals surface area contributed by atoms with E-state index in [9.17, 15) is 0 Å². The zero-order valence-electron chi connectivity index (χ0n) is 11.5. The van der Waals surface area contributed by atoms with Gasteiger partial charge in [-0.15, -0.1) is 11.6 Å². The molecule has 2 rings (SSSR count). The van der Waals surface area contributed by atoms with Crippen LogP contribution in [0.25, 0.3) is 0 Å². The maximum Gasteiger partial charge on any atom is 0.184 e. The first-order valence-electron chi connectivity index (χ1n) is 6.23. The van der Waals surface area contributed by atoms with Gasteiger partial charge in [-0.25, -0.2) is 0 Å². The number of alkyl halides is 1. The lowest BCUT2D eigenvalue weighted by molar-refractivity contribution is 0.350. The minimum atomic E-state index is 0.464. The number of rotatable bonds is 6. The van der Waals surface area contributed by atoms with Crippen molar-refractivity contribution in [2.24, 2.45) is 0 Å². The molecule has 20 heavy (non-hydrogen) atoms. The fourth-order valence-corrected chi connectivity index (χ4v) is 2.20. The van der Waals surface area contributed by atoms with Crippen molar-refractivity contribution >= 4 is 17.3 Å². The maximum absolute atomic E-state index is 5.92. The summed E-state index contributed by atoms with van der Waals surface area (Å²) in [4.78, 5) is 4.33. The van der Waals surface area contributed by atoms with Gasteiger partial charge in [0.2, 0.25) is 0 Å². The molecule has 106 valence electrons. The van der Waals surface area contributed by atoms with Crippen molar-refractivity contribution in [3.8, 4) is 11.5 Å². The highest BCUT2D eigenvalue weighted by Gasteiger charge is 2.11. The van der Waals surface area contributed by atoms with Gasteiger partial charge < -0.3 is 14.8 Å². The highest BCUT2D eigenvalue weighted by molar-refractivity contribution is 6.17. The van der Waals surface area contributed by atoms with Crippen molar-refractivity contribution in [3.63, 3.8) is 0 Å². The van der Waals surface area contributed by atoms with Crippen LogP contribution in [0, 0.1) is 0 Å². The SMILES string of the molecule is COc1ccnc(CNc2ccccc2CCl)c1OC. The maximum atomic E-state index is 5.92. The Morgan fingerprint density at radius 1 is 1.15 bits per heavy atom. The monoisotopic (exact) mass is 292 g/mol. The molecule has 0 bridgehead atoms. The van der Waals surface area contributed by atoms with Crippen molar-refractivity contribution in [1.29, 1.82) is 0 Å². The summed E-state index contributed by atoms with van der Waals surface area (Å²) >= 11 is 5.92. The van der Waals surface area contributed by atoms with Crippen LogP contribution in [0.3, 0.4) is 0 Å². The van der Waals surface area contributed by atoms with Crippen molar-refractivity contribution in [2.75, 3.05) is 19.5 Å². The Hall–Kier alpha value is -1.94. The fraction of sp³-hybridized carbons (Fsp3) is 0.267. The summed E-state index contributed by atoms with van der Waals surface area (Å²) in [6.45, 7) is 0.536. The second-order valence-electron chi connectivity index (χ2n) is 4.14. The number of benzene rings is 1. The van der Waals surface area contributed by atoms with Crippen molar-refractivity contribution in [2.45, 2.75) is 12.4 Å². The standard InChI is InChI=1S/C15H17ClN2O2/c1-19-14-7-8-17-13(15(14)20-2)10-18-12-6-4-3-5-11(12)9-16/h3-8,18H,9-10H2,1-2H3. The summed E-state index contributed by atoms with van der Waals surface area (Å²) in [5.74, 6) is 1.78. The summed E-state index contributed by atoms with van der Waals surface area (Å²) in [5.41, 5.74) is 2.83. The van der Waals surface area contributed by atoms with Crippen molar-refractivity contribution < 1.29 is 9.47 Å². The molecule has 1 aromatic heterocycles. The number of ether oxygens (including phenoxy) is 2.